The van der Waals surface area contributed by atoms with Crippen molar-refractivity contribution in [2.24, 2.45) is 0 Å². The zero-order chi connectivity index (χ0) is 43.0. The van der Waals surface area contributed by atoms with Crippen LogP contribution in [-0.4, -0.2) is 87.5 Å². The van der Waals surface area contributed by atoms with Crippen LogP contribution in [0.25, 0.3) is 0 Å². The summed E-state index contributed by atoms with van der Waals surface area (Å²) in [6.07, 6.45) is 51.7. The van der Waals surface area contributed by atoms with Crippen LogP contribution < -0.4 is 5.32 Å². The molecule has 0 aromatic rings. The summed E-state index contributed by atoms with van der Waals surface area (Å²) in [5, 5.41) is 53.5. The number of amides is 1. The van der Waals surface area contributed by atoms with Gasteiger partial charge < -0.3 is 40.3 Å². The molecule has 0 radical (unpaired) electrons. The molecule has 332 valence electrons. The fourth-order valence-corrected chi connectivity index (χ4v) is 6.01. The summed E-state index contributed by atoms with van der Waals surface area (Å²) >= 11 is 0. The Labute approximate surface area is 357 Å². The van der Waals surface area contributed by atoms with Crippen LogP contribution in [0, 0.1) is 0 Å². The van der Waals surface area contributed by atoms with Gasteiger partial charge in [-0.15, -0.1) is 0 Å². The second-order valence-corrected chi connectivity index (χ2v) is 14.8. The minimum Gasteiger partial charge on any atom is -0.394 e. The van der Waals surface area contributed by atoms with E-state index in [4.69, 9.17) is 9.47 Å². The number of unbranched alkanes of at least 4 members (excludes halogenated alkanes) is 4. The Hall–Kier alpha value is -3.41. The van der Waals surface area contributed by atoms with Crippen LogP contribution in [0.3, 0.4) is 0 Å². The van der Waals surface area contributed by atoms with E-state index in [9.17, 15) is 30.3 Å². The van der Waals surface area contributed by atoms with Gasteiger partial charge in [-0.1, -0.05) is 155 Å². The molecule has 1 heterocycles. The molecule has 0 saturated carbocycles. The Morgan fingerprint density at radius 2 is 1.03 bits per heavy atom. The summed E-state index contributed by atoms with van der Waals surface area (Å²) in [6.45, 7) is 3.48. The lowest BCUT2D eigenvalue weighted by Crippen LogP contribution is -2.60. The first-order valence-corrected chi connectivity index (χ1v) is 22.2. The van der Waals surface area contributed by atoms with Gasteiger partial charge in [-0.05, 0) is 89.9 Å². The third kappa shape index (κ3) is 29.5. The number of aliphatic hydroxyl groups excluding tert-OH is 5. The SMILES string of the molecule is CC/C=C\C/C=C\C/C=C\C/C=C\C/C=C\C/C=C\C/C=C\C/C=C\C/C=C\C/C=C\CCCCC(=O)NC(COC1OC(CO)C(O)C(O)C1O)C(O)CCCCC. The number of aliphatic hydroxyl groups is 5. The van der Waals surface area contributed by atoms with Crippen molar-refractivity contribution in [2.45, 2.75) is 172 Å². The first-order chi connectivity index (χ1) is 28.8. The number of ether oxygens (including phenoxy) is 2. The van der Waals surface area contributed by atoms with Gasteiger partial charge in [-0.3, -0.25) is 4.79 Å². The normalized spacial score (nSPS) is 21.9. The van der Waals surface area contributed by atoms with Gasteiger partial charge in [0.2, 0.25) is 5.91 Å². The standard InChI is InChI=1S/C50H79NO8/c1-3-5-7-8-9-10-11-12-13-14-15-16-17-18-19-20-21-22-23-24-25-26-27-28-29-30-31-32-33-34-35-36-38-40-46(54)51-43(44(53)39-37-6-4-2)42-58-50-49(57)48(56)47(55)45(41-52)59-50/h5,7,9-10,12-13,15-16,18-19,21-22,24-25,27-28,30-31,33-34,43-45,47-50,52-53,55-57H,3-4,6,8,11,14,17,20,23,26,29,32,35-42H2,1-2H3,(H,51,54)/b7-5-,10-9-,13-12-,16-15-,19-18-,22-21-,25-24-,28-27-,31-30-,34-33-. The Morgan fingerprint density at radius 1 is 0.593 bits per heavy atom. The Balaban J connectivity index is 2.15. The summed E-state index contributed by atoms with van der Waals surface area (Å²) in [7, 11) is 0. The maximum absolute atomic E-state index is 12.8. The summed E-state index contributed by atoms with van der Waals surface area (Å²) in [4.78, 5) is 12.8. The quantitative estimate of drug-likeness (QED) is 0.0278. The molecular weight excluding hydrogens is 743 g/mol. The fourth-order valence-electron chi connectivity index (χ4n) is 6.01. The molecule has 0 bridgehead atoms. The maximum atomic E-state index is 12.8. The van der Waals surface area contributed by atoms with E-state index in [-0.39, 0.29) is 12.5 Å². The summed E-state index contributed by atoms with van der Waals surface area (Å²) in [5.41, 5.74) is 0. The number of carbonyl (C=O) groups excluding carboxylic acids is 1. The molecular formula is C50H79NO8. The van der Waals surface area contributed by atoms with E-state index in [1.165, 1.54) is 0 Å². The van der Waals surface area contributed by atoms with Crippen LogP contribution in [0.1, 0.15) is 129 Å². The van der Waals surface area contributed by atoms with Gasteiger partial charge in [0.25, 0.3) is 0 Å². The molecule has 59 heavy (non-hydrogen) atoms. The fraction of sp³-hybridized carbons (Fsp3) is 0.580. The van der Waals surface area contributed by atoms with Gasteiger partial charge in [-0.2, -0.15) is 0 Å². The van der Waals surface area contributed by atoms with Gasteiger partial charge in [0.1, 0.15) is 24.4 Å². The van der Waals surface area contributed by atoms with Gasteiger partial charge in [0.15, 0.2) is 6.29 Å². The van der Waals surface area contributed by atoms with Crippen LogP contribution >= 0.6 is 0 Å². The Morgan fingerprint density at radius 3 is 1.46 bits per heavy atom. The van der Waals surface area contributed by atoms with Crippen molar-refractivity contribution in [3.8, 4) is 0 Å². The molecule has 7 unspecified atom stereocenters. The molecule has 1 aliphatic rings. The lowest BCUT2D eigenvalue weighted by molar-refractivity contribution is -0.302. The highest BCUT2D eigenvalue weighted by atomic mass is 16.7. The molecule has 0 aromatic heterocycles. The maximum Gasteiger partial charge on any atom is 0.220 e. The number of nitrogens with one attached hydrogen (secondary N) is 1. The predicted octanol–water partition coefficient (Wildman–Crippen LogP) is 9.27. The first kappa shape index (κ1) is 53.6. The first-order valence-electron chi connectivity index (χ1n) is 22.2. The zero-order valence-electron chi connectivity index (χ0n) is 36.2. The van der Waals surface area contributed by atoms with Crippen LogP contribution in [-0.2, 0) is 14.3 Å². The Bertz CT molecular complexity index is 1320. The molecule has 0 aliphatic carbocycles. The summed E-state index contributed by atoms with van der Waals surface area (Å²) in [6, 6.07) is -0.747. The van der Waals surface area contributed by atoms with Gasteiger partial charge in [-0.25, -0.2) is 0 Å². The highest BCUT2D eigenvalue weighted by molar-refractivity contribution is 5.76. The minimum absolute atomic E-state index is 0.170. The monoisotopic (exact) mass is 822 g/mol. The highest BCUT2D eigenvalue weighted by Crippen LogP contribution is 2.22. The average Bonchev–Trinajstić information content (AvgIpc) is 3.23. The Kier molecular flexibility index (Phi) is 35.2. The third-order valence-electron chi connectivity index (χ3n) is 9.58. The van der Waals surface area contributed by atoms with Crippen molar-refractivity contribution in [1.29, 1.82) is 0 Å². The molecule has 1 fully saturated rings. The van der Waals surface area contributed by atoms with Gasteiger partial charge in [0.05, 0.1) is 25.4 Å². The number of carbonyl (C=O) groups is 1. The molecule has 1 rings (SSSR count). The van der Waals surface area contributed by atoms with Crippen molar-refractivity contribution < 1.29 is 39.8 Å². The zero-order valence-corrected chi connectivity index (χ0v) is 36.2. The highest BCUT2D eigenvalue weighted by Gasteiger charge is 2.44. The van der Waals surface area contributed by atoms with E-state index in [0.29, 0.717) is 19.3 Å². The van der Waals surface area contributed by atoms with Crippen LogP contribution in [0.4, 0.5) is 0 Å². The van der Waals surface area contributed by atoms with Gasteiger partial charge in [0, 0.05) is 6.42 Å². The average molecular weight is 822 g/mol. The van der Waals surface area contributed by atoms with E-state index < -0.39 is 49.5 Å². The van der Waals surface area contributed by atoms with E-state index in [1.54, 1.807) is 0 Å². The summed E-state index contributed by atoms with van der Waals surface area (Å²) < 4.78 is 11.1. The predicted molar refractivity (Wildman–Crippen MR) is 244 cm³/mol. The number of rotatable bonds is 34. The molecule has 6 N–H and O–H groups in total. The van der Waals surface area contributed by atoms with Crippen molar-refractivity contribution in [3.05, 3.63) is 122 Å². The van der Waals surface area contributed by atoms with E-state index >= 15 is 0 Å². The smallest absolute Gasteiger partial charge is 0.220 e. The van der Waals surface area contributed by atoms with E-state index in [2.05, 4.69) is 141 Å². The van der Waals surface area contributed by atoms with Crippen molar-refractivity contribution in [2.75, 3.05) is 13.2 Å². The molecule has 7 atom stereocenters. The number of allylic oxidation sites excluding steroid dienone is 20. The molecule has 1 amide bonds. The lowest BCUT2D eigenvalue weighted by atomic mass is 9.99. The van der Waals surface area contributed by atoms with Crippen molar-refractivity contribution in [3.63, 3.8) is 0 Å². The molecule has 9 nitrogen and oxygen atoms in total. The lowest BCUT2D eigenvalue weighted by Gasteiger charge is -2.40. The largest absolute Gasteiger partial charge is 0.394 e. The number of hydrogen-bond acceptors (Lipinski definition) is 8. The molecule has 0 spiro atoms. The van der Waals surface area contributed by atoms with Crippen LogP contribution in [0.5, 0.6) is 0 Å². The molecule has 0 aromatic carbocycles. The van der Waals surface area contributed by atoms with Crippen molar-refractivity contribution >= 4 is 5.91 Å². The van der Waals surface area contributed by atoms with Gasteiger partial charge >= 0.3 is 0 Å². The molecule has 9 heteroatoms. The molecule has 1 aliphatic heterocycles. The van der Waals surface area contributed by atoms with Crippen molar-refractivity contribution in [1.82, 2.24) is 5.32 Å². The van der Waals surface area contributed by atoms with Crippen LogP contribution in [0.15, 0.2) is 122 Å². The second kappa shape index (κ2) is 38.8. The molecule has 1 saturated heterocycles. The van der Waals surface area contributed by atoms with Crippen LogP contribution in [0.2, 0.25) is 0 Å². The second-order valence-electron chi connectivity index (χ2n) is 14.8. The topological polar surface area (TPSA) is 149 Å². The minimum atomic E-state index is -1.56. The summed E-state index contributed by atoms with van der Waals surface area (Å²) in [5.74, 6) is -0.206. The third-order valence-corrected chi connectivity index (χ3v) is 9.58. The van der Waals surface area contributed by atoms with E-state index in [0.717, 1.165) is 96.3 Å². The van der Waals surface area contributed by atoms with E-state index in [1.807, 2.05) is 0 Å². The number of hydrogen-bond donors (Lipinski definition) is 6.